The van der Waals surface area contributed by atoms with Gasteiger partial charge in [0, 0.05) is 11.0 Å². The van der Waals surface area contributed by atoms with Crippen molar-refractivity contribution in [1.29, 1.82) is 0 Å². The van der Waals surface area contributed by atoms with Crippen molar-refractivity contribution in [3.8, 4) is 0 Å². The van der Waals surface area contributed by atoms with Crippen molar-refractivity contribution in [2.45, 2.75) is 11.8 Å². The summed E-state index contributed by atoms with van der Waals surface area (Å²) in [7, 11) is -4.06. The monoisotopic (exact) mass is 468 g/mol. The summed E-state index contributed by atoms with van der Waals surface area (Å²) in [5.41, 5.74) is 0.813. The van der Waals surface area contributed by atoms with Gasteiger partial charge in [-0.3, -0.25) is 9.69 Å². The van der Waals surface area contributed by atoms with E-state index in [1.165, 1.54) is 4.90 Å². The van der Waals surface area contributed by atoms with Gasteiger partial charge < -0.3 is 0 Å². The standard InChI is InChI=1S/C18H14BrFN2O3S2/c1-2-22-17(23)16(11-12-3-5-13(19)6-4-12)26-18(22)21-27(24,25)15-9-7-14(20)8-10-15/h3-11H,2H2,1H3/b16-11-,21-18+. The Hall–Kier alpha value is -1.97. The van der Waals surface area contributed by atoms with E-state index < -0.39 is 15.8 Å². The Kier molecular flexibility index (Phi) is 5.83. The molecule has 0 N–H and O–H groups in total. The number of likely N-dealkylation sites (N-methyl/N-ethyl adjacent to an activating group) is 1. The molecule has 0 aliphatic carbocycles. The molecule has 2 aromatic carbocycles. The average molecular weight is 469 g/mol. The molecule has 0 bridgehead atoms. The van der Waals surface area contributed by atoms with Gasteiger partial charge in [-0.25, -0.2) is 4.39 Å². The number of sulfonamides is 1. The van der Waals surface area contributed by atoms with Gasteiger partial charge in [0.2, 0.25) is 0 Å². The molecular formula is C18H14BrFN2O3S2. The summed E-state index contributed by atoms with van der Waals surface area (Å²) in [4.78, 5) is 14.1. The summed E-state index contributed by atoms with van der Waals surface area (Å²) in [6.45, 7) is 2.02. The van der Waals surface area contributed by atoms with Crippen LogP contribution in [-0.2, 0) is 14.8 Å². The molecule has 0 saturated carbocycles. The summed E-state index contributed by atoms with van der Waals surface area (Å²) in [5, 5.41) is 0.0789. The first-order valence-corrected chi connectivity index (χ1v) is 10.9. The molecule has 1 aliphatic rings. The highest BCUT2D eigenvalue weighted by Crippen LogP contribution is 2.33. The van der Waals surface area contributed by atoms with Gasteiger partial charge in [0.15, 0.2) is 5.17 Å². The lowest BCUT2D eigenvalue weighted by molar-refractivity contribution is -0.122. The van der Waals surface area contributed by atoms with Crippen LogP contribution in [0.2, 0.25) is 0 Å². The number of nitrogens with zero attached hydrogens (tertiary/aromatic N) is 2. The third-order valence-corrected chi connectivity index (χ3v) is 6.61. The average Bonchev–Trinajstić information content (AvgIpc) is 2.91. The van der Waals surface area contributed by atoms with Crippen molar-refractivity contribution in [2.75, 3.05) is 6.54 Å². The van der Waals surface area contributed by atoms with Gasteiger partial charge in [0.1, 0.15) is 5.82 Å². The van der Waals surface area contributed by atoms with E-state index in [1.54, 1.807) is 13.0 Å². The molecule has 1 aliphatic heterocycles. The highest BCUT2D eigenvalue weighted by Gasteiger charge is 2.34. The minimum absolute atomic E-state index is 0.0789. The second kappa shape index (κ2) is 7.95. The molecule has 0 radical (unpaired) electrons. The van der Waals surface area contributed by atoms with E-state index in [2.05, 4.69) is 20.3 Å². The van der Waals surface area contributed by atoms with Crippen LogP contribution in [0.25, 0.3) is 6.08 Å². The van der Waals surface area contributed by atoms with Crippen molar-refractivity contribution in [2.24, 2.45) is 4.40 Å². The van der Waals surface area contributed by atoms with E-state index in [4.69, 9.17) is 0 Å². The number of thioether (sulfide) groups is 1. The van der Waals surface area contributed by atoms with Crippen LogP contribution >= 0.6 is 27.7 Å². The number of benzene rings is 2. The number of amidine groups is 1. The van der Waals surface area contributed by atoms with Gasteiger partial charge in [0.05, 0.1) is 9.80 Å². The maximum atomic E-state index is 13.0. The number of hydrogen-bond donors (Lipinski definition) is 0. The van der Waals surface area contributed by atoms with Gasteiger partial charge in [-0.1, -0.05) is 28.1 Å². The Morgan fingerprint density at radius 3 is 2.37 bits per heavy atom. The molecule has 0 atom stereocenters. The van der Waals surface area contributed by atoms with E-state index in [-0.39, 0.29) is 22.5 Å². The van der Waals surface area contributed by atoms with Crippen molar-refractivity contribution < 1.29 is 17.6 Å². The lowest BCUT2D eigenvalue weighted by Gasteiger charge is -2.11. The minimum Gasteiger partial charge on any atom is -0.286 e. The second-order valence-electron chi connectivity index (χ2n) is 5.51. The fourth-order valence-electron chi connectivity index (χ4n) is 2.33. The first kappa shape index (κ1) is 19.8. The quantitative estimate of drug-likeness (QED) is 0.628. The van der Waals surface area contributed by atoms with Crippen LogP contribution in [0.4, 0.5) is 4.39 Å². The van der Waals surface area contributed by atoms with Crippen LogP contribution in [0.3, 0.4) is 0 Å². The highest BCUT2D eigenvalue weighted by molar-refractivity contribution is 9.10. The lowest BCUT2D eigenvalue weighted by Crippen LogP contribution is -2.29. The first-order valence-electron chi connectivity index (χ1n) is 7.87. The van der Waals surface area contributed by atoms with Gasteiger partial charge >= 0.3 is 0 Å². The molecular weight excluding hydrogens is 455 g/mol. The van der Waals surface area contributed by atoms with E-state index in [0.717, 1.165) is 46.1 Å². The second-order valence-corrected chi connectivity index (χ2v) is 9.04. The fourth-order valence-corrected chi connectivity index (χ4v) is 4.84. The summed E-state index contributed by atoms with van der Waals surface area (Å²) >= 11 is 4.35. The normalized spacial score (nSPS) is 17.9. The molecule has 0 aromatic heterocycles. The van der Waals surface area contributed by atoms with Crippen LogP contribution in [-0.4, -0.2) is 30.9 Å². The zero-order chi connectivity index (χ0) is 19.6. The minimum atomic E-state index is -4.06. The molecule has 0 unspecified atom stereocenters. The molecule has 140 valence electrons. The van der Waals surface area contributed by atoms with Crippen LogP contribution in [0, 0.1) is 5.82 Å². The summed E-state index contributed by atoms with van der Waals surface area (Å²) in [6, 6.07) is 11.8. The van der Waals surface area contributed by atoms with Crippen molar-refractivity contribution in [3.63, 3.8) is 0 Å². The molecule has 1 fully saturated rings. The van der Waals surface area contributed by atoms with Gasteiger partial charge in [-0.2, -0.15) is 8.42 Å². The fraction of sp³-hybridized carbons (Fsp3) is 0.111. The van der Waals surface area contributed by atoms with Gasteiger partial charge in [-0.05, 0) is 66.7 Å². The molecule has 3 rings (SSSR count). The number of amides is 1. The van der Waals surface area contributed by atoms with Crippen molar-refractivity contribution >= 4 is 54.9 Å². The third-order valence-electron chi connectivity index (χ3n) is 3.68. The van der Waals surface area contributed by atoms with E-state index >= 15 is 0 Å². The molecule has 2 aromatic rings. The van der Waals surface area contributed by atoms with Gasteiger partial charge in [-0.15, -0.1) is 4.40 Å². The molecule has 1 saturated heterocycles. The highest BCUT2D eigenvalue weighted by atomic mass is 79.9. The molecule has 1 heterocycles. The van der Waals surface area contributed by atoms with Crippen LogP contribution in [0.15, 0.2) is 67.2 Å². The number of carbonyl (C=O) groups excluding carboxylic acids is 1. The number of rotatable bonds is 4. The van der Waals surface area contributed by atoms with Crippen LogP contribution in [0.5, 0.6) is 0 Å². The zero-order valence-electron chi connectivity index (χ0n) is 14.1. The topological polar surface area (TPSA) is 66.8 Å². The summed E-state index contributed by atoms with van der Waals surface area (Å²) in [6.07, 6.45) is 1.69. The maximum absolute atomic E-state index is 13.0. The van der Waals surface area contributed by atoms with Gasteiger partial charge in [0.25, 0.3) is 15.9 Å². The Morgan fingerprint density at radius 1 is 1.15 bits per heavy atom. The third kappa shape index (κ3) is 4.48. The summed E-state index contributed by atoms with van der Waals surface area (Å²) in [5.74, 6) is -0.847. The Bertz CT molecular complexity index is 1030. The Labute approximate surface area is 169 Å². The molecule has 27 heavy (non-hydrogen) atoms. The number of halogens is 2. The maximum Gasteiger partial charge on any atom is 0.284 e. The first-order chi connectivity index (χ1) is 12.8. The largest absolute Gasteiger partial charge is 0.286 e. The Morgan fingerprint density at radius 2 is 1.78 bits per heavy atom. The predicted molar refractivity (Wildman–Crippen MR) is 108 cm³/mol. The number of hydrogen-bond acceptors (Lipinski definition) is 4. The van der Waals surface area contributed by atoms with Crippen molar-refractivity contribution in [3.05, 3.63) is 69.3 Å². The molecule has 0 spiro atoms. The molecule has 5 nitrogen and oxygen atoms in total. The molecule has 9 heteroatoms. The smallest absolute Gasteiger partial charge is 0.284 e. The zero-order valence-corrected chi connectivity index (χ0v) is 17.3. The lowest BCUT2D eigenvalue weighted by atomic mass is 10.2. The van der Waals surface area contributed by atoms with Crippen LogP contribution in [0.1, 0.15) is 12.5 Å². The molecule has 1 amide bonds. The summed E-state index contributed by atoms with van der Waals surface area (Å²) < 4.78 is 42.7. The Balaban J connectivity index is 1.95. The number of carbonyl (C=O) groups is 1. The van der Waals surface area contributed by atoms with E-state index in [9.17, 15) is 17.6 Å². The van der Waals surface area contributed by atoms with E-state index in [1.807, 2.05) is 24.3 Å². The predicted octanol–water partition coefficient (Wildman–Crippen LogP) is 4.27. The van der Waals surface area contributed by atoms with Crippen molar-refractivity contribution in [1.82, 2.24) is 4.90 Å². The van der Waals surface area contributed by atoms with E-state index in [0.29, 0.717) is 4.91 Å². The SMILES string of the molecule is CCN1C(=O)/C(=C/c2ccc(Br)cc2)S/C1=N/S(=O)(=O)c1ccc(F)cc1. The van der Waals surface area contributed by atoms with Crippen LogP contribution < -0.4 is 0 Å².